The Balaban J connectivity index is 2.12. The Morgan fingerprint density at radius 1 is 0.871 bits per heavy atom. The molecule has 8 heteroatoms. The molecule has 31 heavy (non-hydrogen) atoms. The van der Waals surface area contributed by atoms with Crippen molar-refractivity contribution in [1.29, 1.82) is 0 Å². The first-order valence-electron chi connectivity index (χ1n) is 9.53. The maximum Gasteiger partial charge on any atom is 0.412 e. The molecule has 166 valence electrons. The number of methoxy groups -OCH3 is 3. The van der Waals surface area contributed by atoms with Crippen LogP contribution in [0.25, 0.3) is 6.08 Å². The Kier molecular flexibility index (Phi) is 7.90. The van der Waals surface area contributed by atoms with Gasteiger partial charge in [-0.25, -0.2) is 4.79 Å². The monoisotopic (exact) mass is 428 g/mol. The molecule has 0 bridgehead atoms. The summed E-state index contributed by atoms with van der Waals surface area (Å²) in [7, 11) is 4.60. The summed E-state index contributed by atoms with van der Waals surface area (Å²) in [5.41, 5.74) is 0.950. The fourth-order valence-corrected chi connectivity index (χ4v) is 2.58. The summed E-state index contributed by atoms with van der Waals surface area (Å²) < 4.78 is 21.0. The minimum Gasteiger partial charge on any atom is -0.497 e. The van der Waals surface area contributed by atoms with Gasteiger partial charge in [0.25, 0.3) is 0 Å². The van der Waals surface area contributed by atoms with Gasteiger partial charge in [-0.1, -0.05) is 0 Å². The number of ether oxygens (including phenoxy) is 4. The van der Waals surface area contributed by atoms with Gasteiger partial charge in [0.1, 0.15) is 22.8 Å². The molecule has 8 nitrogen and oxygen atoms in total. The summed E-state index contributed by atoms with van der Waals surface area (Å²) in [6.45, 7) is 5.31. The Hall–Kier alpha value is -3.68. The maximum absolute atomic E-state index is 12.4. The van der Waals surface area contributed by atoms with Crippen molar-refractivity contribution >= 4 is 29.5 Å². The molecular weight excluding hydrogens is 400 g/mol. The minimum absolute atomic E-state index is 0.352. The van der Waals surface area contributed by atoms with Gasteiger partial charge < -0.3 is 24.3 Å². The van der Waals surface area contributed by atoms with Crippen LogP contribution in [0.1, 0.15) is 26.3 Å². The van der Waals surface area contributed by atoms with Crippen molar-refractivity contribution in [3.8, 4) is 17.2 Å². The summed E-state index contributed by atoms with van der Waals surface area (Å²) in [5.74, 6) is 1.32. The second-order valence-electron chi connectivity index (χ2n) is 7.51. The quantitative estimate of drug-likeness (QED) is 0.620. The van der Waals surface area contributed by atoms with E-state index in [2.05, 4.69) is 10.6 Å². The van der Waals surface area contributed by atoms with E-state index in [1.807, 2.05) is 0 Å². The number of carbonyl (C=O) groups excluding carboxylic acids is 2. The van der Waals surface area contributed by atoms with Gasteiger partial charge in [0, 0.05) is 17.8 Å². The minimum atomic E-state index is -0.642. The van der Waals surface area contributed by atoms with Crippen molar-refractivity contribution in [3.05, 3.63) is 48.0 Å². The SMILES string of the molecule is COc1cc(/C=C/C(=O)Nc2ccc(OC)c(NC(=O)OC(C)(C)C)c2)cc(OC)c1. The van der Waals surface area contributed by atoms with E-state index in [4.69, 9.17) is 18.9 Å². The predicted octanol–water partition coefficient (Wildman–Crippen LogP) is 4.71. The van der Waals surface area contributed by atoms with Crippen LogP contribution in [0.2, 0.25) is 0 Å². The summed E-state index contributed by atoms with van der Waals surface area (Å²) in [5, 5.41) is 5.38. The third kappa shape index (κ3) is 7.58. The number of amides is 2. The van der Waals surface area contributed by atoms with E-state index in [0.717, 1.165) is 5.56 Å². The topological polar surface area (TPSA) is 95.1 Å². The molecule has 0 saturated carbocycles. The lowest BCUT2D eigenvalue weighted by molar-refractivity contribution is -0.111. The molecule has 2 aromatic rings. The molecule has 0 saturated heterocycles. The van der Waals surface area contributed by atoms with Crippen molar-refractivity contribution in [2.45, 2.75) is 26.4 Å². The van der Waals surface area contributed by atoms with Crippen LogP contribution >= 0.6 is 0 Å². The lowest BCUT2D eigenvalue weighted by Crippen LogP contribution is -2.27. The number of benzene rings is 2. The molecular formula is C23H28N2O6. The van der Waals surface area contributed by atoms with E-state index >= 15 is 0 Å². The highest BCUT2D eigenvalue weighted by Crippen LogP contribution is 2.28. The zero-order chi connectivity index (χ0) is 23.0. The van der Waals surface area contributed by atoms with Crippen molar-refractivity contribution in [1.82, 2.24) is 0 Å². The molecule has 0 aliphatic carbocycles. The van der Waals surface area contributed by atoms with E-state index in [0.29, 0.717) is 28.6 Å². The fourth-order valence-electron chi connectivity index (χ4n) is 2.58. The molecule has 2 aromatic carbocycles. The van der Waals surface area contributed by atoms with Gasteiger partial charge in [0.15, 0.2) is 0 Å². The highest BCUT2D eigenvalue weighted by molar-refractivity contribution is 6.02. The number of nitrogens with one attached hydrogen (secondary N) is 2. The van der Waals surface area contributed by atoms with Gasteiger partial charge in [-0.05, 0) is 62.7 Å². The lowest BCUT2D eigenvalue weighted by Gasteiger charge is -2.20. The van der Waals surface area contributed by atoms with Gasteiger partial charge in [0.05, 0.1) is 27.0 Å². The van der Waals surface area contributed by atoms with Crippen LogP contribution in [0.3, 0.4) is 0 Å². The van der Waals surface area contributed by atoms with Crippen LogP contribution in [0, 0.1) is 0 Å². The van der Waals surface area contributed by atoms with E-state index in [1.165, 1.54) is 13.2 Å². The highest BCUT2D eigenvalue weighted by Gasteiger charge is 2.18. The van der Waals surface area contributed by atoms with Crippen molar-refractivity contribution < 1.29 is 28.5 Å². The van der Waals surface area contributed by atoms with Crippen molar-refractivity contribution in [2.75, 3.05) is 32.0 Å². The Morgan fingerprint density at radius 2 is 1.52 bits per heavy atom. The van der Waals surface area contributed by atoms with Gasteiger partial charge >= 0.3 is 6.09 Å². The normalized spacial score (nSPS) is 11.0. The summed E-state index contributed by atoms with van der Waals surface area (Å²) in [6.07, 6.45) is 2.41. The molecule has 0 heterocycles. The summed E-state index contributed by atoms with van der Waals surface area (Å²) >= 11 is 0. The largest absolute Gasteiger partial charge is 0.497 e. The molecule has 0 atom stereocenters. The molecule has 2 amide bonds. The predicted molar refractivity (Wildman–Crippen MR) is 120 cm³/mol. The second-order valence-corrected chi connectivity index (χ2v) is 7.51. The van der Waals surface area contributed by atoms with E-state index in [9.17, 15) is 9.59 Å². The molecule has 0 radical (unpaired) electrons. The average molecular weight is 428 g/mol. The Morgan fingerprint density at radius 3 is 2.06 bits per heavy atom. The van der Waals surface area contributed by atoms with Crippen LogP contribution < -0.4 is 24.8 Å². The number of hydrogen-bond acceptors (Lipinski definition) is 6. The Labute approximate surface area is 182 Å². The molecule has 0 aliphatic heterocycles. The zero-order valence-corrected chi connectivity index (χ0v) is 18.6. The van der Waals surface area contributed by atoms with Crippen LogP contribution in [0.4, 0.5) is 16.2 Å². The van der Waals surface area contributed by atoms with Crippen molar-refractivity contribution in [2.24, 2.45) is 0 Å². The maximum atomic E-state index is 12.4. The standard InChI is InChI=1S/C23H28N2O6/c1-23(2,3)31-22(27)25-19-13-16(8-9-20(19)30-6)24-21(26)10-7-15-11-17(28-4)14-18(12-15)29-5/h7-14H,1-6H3,(H,24,26)(H,25,27)/b10-7+. The smallest absolute Gasteiger partial charge is 0.412 e. The number of hydrogen-bond donors (Lipinski definition) is 2. The fraction of sp³-hybridized carbons (Fsp3) is 0.304. The first-order chi connectivity index (χ1) is 14.6. The first-order valence-corrected chi connectivity index (χ1v) is 9.53. The average Bonchev–Trinajstić information content (AvgIpc) is 2.70. The third-order valence-electron chi connectivity index (χ3n) is 3.90. The van der Waals surface area contributed by atoms with Gasteiger partial charge in [-0.2, -0.15) is 0 Å². The molecule has 2 rings (SSSR count). The third-order valence-corrected chi connectivity index (χ3v) is 3.90. The summed E-state index contributed by atoms with van der Waals surface area (Å²) in [6, 6.07) is 10.2. The molecule has 2 N–H and O–H groups in total. The van der Waals surface area contributed by atoms with Crippen LogP contribution in [0.15, 0.2) is 42.5 Å². The van der Waals surface area contributed by atoms with Gasteiger partial charge in [-0.3, -0.25) is 10.1 Å². The molecule has 0 fully saturated rings. The zero-order valence-electron chi connectivity index (χ0n) is 18.6. The van der Waals surface area contributed by atoms with E-state index < -0.39 is 11.7 Å². The molecule has 0 aliphatic rings. The number of carbonyl (C=O) groups is 2. The van der Waals surface area contributed by atoms with Crippen LogP contribution in [-0.2, 0) is 9.53 Å². The van der Waals surface area contributed by atoms with E-state index in [1.54, 1.807) is 77.5 Å². The Bertz CT molecular complexity index is 941. The lowest BCUT2D eigenvalue weighted by atomic mass is 10.2. The van der Waals surface area contributed by atoms with Crippen LogP contribution in [0.5, 0.6) is 17.2 Å². The van der Waals surface area contributed by atoms with Gasteiger partial charge in [-0.15, -0.1) is 0 Å². The van der Waals surface area contributed by atoms with Crippen molar-refractivity contribution in [3.63, 3.8) is 0 Å². The first kappa shape index (κ1) is 23.6. The molecule has 0 unspecified atom stereocenters. The molecule has 0 spiro atoms. The number of rotatable bonds is 7. The number of anilines is 2. The summed E-state index contributed by atoms with van der Waals surface area (Å²) in [4.78, 5) is 24.5. The highest BCUT2D eigenvalue weighted by atomic mass is 16.6. The second kappa shape index (κ2) is 10.4. The van der Waals surface area contributed by atoms with Gasteiger partial charge in [0.2, 0.25) is 5.91 Å². The molecule has 0 aromatic heterocycles. The van der Waals surface area contributed by atoms with Crippen LogP contribution in [-0.4, -0.2) is 38.9 Å². The van der Waals surface area contributed by atoms with E-state index in [-0.39, 0.29) is 5.91 Å².